The maximum Gasteiger partial charge on any atom is 0.115 e. The molecule has 0 heterocycles. The number of rotatable bonds is 1. The first-order valence-corrected chi connectivity index (χ1v) is 7.09. The van der Waals surface area contributed by atoms with Crippen molar-refractivity contribution in [3.05, 3.63) is 29.3 Å². The molecule has 0 saturated heterocycles. The van der Waals surface area contributed by atoms with Crippen molar-refractivity contribution in [1.82, 2.24) is 0 Å². The van der Waals surface area contributed by atoms with E-state index < -0.39 is 0 Å². The van der Waals surface area contributed by atoms with Crippen LogP contribution >= 0.6 is 0 Å². The molecule has 92 valence electrons. The minimum Gasteiger partial charge on any atom is -0.508 e. The first-order valence-electron chi connectivity index (χ1n) is 7.09. The topological polar surface area (TPSA) is 20.2 Å². The molecule has 1 saturated carbocycles. The SMILES string of the molecule is CCC1CCC2CCc3cc(O)ccc3C2C1. The lowest BCUT2D eigenvalue weighted by Crippen LogP contribution is -2.27. The van der Waals surface area contributed by atoms with E-state index in [9.17, 15) is 5.11 Å². The molecule has 2 aliphatic carbocycles. The molecule has 3 unspecified atom stereocenters. The van der Waals surface area contributed by atoms with Gasteiger partial charge in [0.25, 0.3) is 0 Å². The summed E-state index contributed by atoms with van der Waals surface area (Å²) >= 11 is 0. The summed E-state index contributed by atoms with van der Waals surface area (Å²) in [6.07, 6.45) is 8.06. The summed E-state index contributed by atoms with van der Waals surface area (Å²) in [5.74, 6) is 3.05. The van der Waals surface area contributed by atoms with Gasteiger partial charge in [-0.25, -0.2) is 0 Å². The van der Waals surface area contributed by atoms with E-state index in [1.807, 2.05) is 12.1 Å². The van der Waals surface area contributed by atoms with Gasteiger partial charge in [-0.2, -0.15) is 0 Å². The van der Waals surface area contributed by atoms with Crippen LogP contribution in [0.1, 0.15) is 56.1 Å². The monoisotopic (exact) mass is 230 g/mol. The molecule has 1 fully saturated rings. The van der Waals surface area contributed by atoms with Crippen LogP contribution in [0.2, 0.25) is 0 Å². The lowest BCUT2D eigenvalue weighted by atomic mass is 9.65. The summed E-state index contributed by atoms with van der Waals surface area (Å²) in [5.41, 5.74) is 2.94. The average Bonchev–Trinajstić information content (AvgIpc) is 2.37. The van der Waals surface area contributed by atoms with Crippen molar-refractivity contribution in [2.24, 2.45) is 11.8 Å². The Balaban J connectivity index is 1.92. The van der Waals surface area contributed by atoms with Gasteiger partial charge in [-0.1, -0.05) is 25.8 Å². The van der Waals surface area contributed by atoms with Crippen molar-refractivity contribution < 1.29 is 5.11 Å². The summed E-state index contributed by atoms with van der Waals surface area (Å²) < 4.78 is 0. The number of aromatic hydroxyl groups is 1. The van der Waals surface area contributed by atoms with Crippen LogP contribution in [0.15, 0.2) is 18.2 Å². The fraction of sp³-hybridized carbons (Fsp3) is 0.625. The lowest BCUT2D eigenvalue weighted by Gasteiger charge is -2.40. The zero-order valence-corrected chi connectivity index (χ0v) is 10.7. The van der Waals surface area contributed by atoms with Crippen LogP contribution in [0.3, 0.4) is 0 Å². The highest BCUT2D eigenvalue weighted by atomic mass is 16.3. The molecule has 1 aromatic rings. The Kier molecular flexibility index (Phi) is 2.85. The Morgan fingerprint density at radius 1 is 1.24 bits per heavy atom. The van der Waals surface area contributed by atoms with E-state index >= 15 is 0 Å². The molecule has 0 aliphatic heterocycles. The number of benzene rings is 1. The maximum absolute atomic E-state index is 9.58. The van der Waals surface area contributed by atoms with E-state index in [1.165, 1.54) is 49.7 Å². The van der Waals surface area contributed by atoms with Gasteiger partial charge in [-0.05, 0) is 66.7 Å². The molecule has 2 aliphatic rings. The summed E-state index contributed by atoms with van der Waals surface area (Å²) in [7, 11) is 0. The molecular formula is C16H22O. The van der Waals surface area contributed by atoms with Gasteiger partial charge < -0.3 is 5.11 Å². The van der Waals surface area contributed by atoms with Crippen molar-refractivity contribution in [3.8, 4) is 5.75 Å². The Labute approximate surface area is 104 Å². The van der Waals surface area contributed by atoms with Crippen LogP contribution < -0.4 is 0 Å². The predicted molar refractivity (Wildman–Crippen MR) is 70.3 cm³/mol. The number of hydrogen-bond donors (Lipinski definition) is 1. The van der Waals surface area contributed by atoms with Gasteiger partial charge in [0.1, 0.15) is 5.75 Å². The minimum atomic E-state index is 0.435. The van der Waals surface area contributed by atoms with Gasteiger partial charge in [-0.15, -0.1) is 0 Å². The maximum atomic E-state index is 9.58. The van der Waals surface area contributed by atoms with Crippen LogP contribution in [0, 0.1) is 11.8 Å². The van der Waals surface area contributed by atoms with Gasteiger partial charge in [0.15, 0.2) is 0 Å². The van der Waals surface area contributed by atoms with Crippen molar-refractivity contribution in [3.63, 3.8) is 0 Å². The standard InChI is InChI=1S/C16H22O/c1-2-11-3-4-12-5-6-13-10-14(17)7-8-15(13)16(12)9-11/h7-8,10-12,16-17H,2-6,9H2,1H3. The third kappa shape index (κ3) is 1.96. The zero-order chi connectivity index (χ0) is 11.8. The fourth-order valence-corrected chi connectivity index (χ4v) is 3.93. The predicted octanol–water partition coefficient (Wildman–Crippen LogP) is 4.25. The van der Waals surface area contributed by atoms with Crippen LogP contribution in [0.5, 0.6) is 5.75 Å². The average molecular weight is 230 g/mol. The molecule has 17 heavy (non-hydrogen) atoms. The number of hydrogen-bond acceptors (Lipinski definition) is 1. The first-order chi connectivity index (χ1) is 8.28. The van der Waals surface area contributed by atoms with E-state index in [0.29, 0.717) is 5.75 Å². The van der Waals surface area contributed by atoms with Crippen LogP contribution in [-0.2, 0) is 6.42 Å². The van der Waals surface area contributed by atoms with Crippen molar-refractivity contribution in [1.29, 1.82) is 0 Å². The zero-order valence-electron chi connectivity index (χ0n) is 10.7. The van der Waals surface area contributed by atoms with Crippen molar-refractivity contribution >= 4 is 0 Å². The first kappa shape index (κ1) is 11.1. The molecular weight excluding hydrogens is 208 g/mol. The normalized spacial score (nSPS) is 31.7. The van der Waals surface area contributed by atoms with E-state index in [2.05, 4.69) is 13.0 Å². The third-order valence-corrected chi connectivity index (χ3v) is 4.99. The molecule has 1 N–H and O–H groups in total. The number of aryl methyl sites for hydroxylation is 1. The summed E-state index contributed by atoms with van der Waals surface area (Å²) in [5, 5.41) is 9.58. The van der Waals surface area contributed by atoms with Crippen LogP contribution in [0.4, 0.5) is 0 Å². The Bertz CT molecular complexity index is 410. The quantitative estimate of drug-likeness (QED) is 0.764. The molecule has 0 radical (unpaired) electrons. The molecule has 0 amide bonds. The highest BCUT2D eigenvalue weighted by Gasteiger charge is 2.34. The number of phenolic OH excluding ortho intramolecular Hbond substituents is 1. The fourth-order valence-electron chi connectivity index (χ4n) is 3.93. The summed E-state index contributed by atoms with van der Waals surface area (Å²) in [6.45, 7) is 2.32. The smallest absolute Gasteiger partial charge is 0.115 e. The second-order valence-corrected chi connectivity index (χ2v) is 5.88. The Hall–Kier alpha value is -0.980. The second-order valence-electron chi connectivity index (χ2n) is 5.88. The van der Waals surface area contributed by atoms with Crippen molar-refractivity contribution in [2.45, 2.75) is 51.4 Å². The van der Waals surface area contributed by atoms with E-state index in [4.69, 9.17) is 0 Å². The van der Waals surface area contributed by atoms with Crippen LogP contribution in [-0.4, -0.2) is 5.11 Å². The number of phenols is 1. The molecule has 3 rings (SSSR count). The Morgan fingerprint density at radius 2 is 2.12 bits per heavy atom. The summed E-state index contributed by atoms with van der Waals surface area (Å²) in [4.78, 5) is 0. The molecule has 1 aromatic carbocycles. The van der Waals surface area contributed by atoms with E-state index in [0.717, 1.165) is 17.8 Å². The minimum absolute atomic E-state index is 0.435. The second kappa shape index (κ2) is 4.36. The van der Waals surface area contributed by atoms with Gasteiger partial charge in [0, 0.05) is 0 Å². The van der Waals surface area contributed by atoms with E-state index in [-0.39, 0.29) is 0 Å². The molecule has 3 atom stereocenters. The Morgan fingerprint density at radius 3 is 2.94 bits per heavy atom. The molecule has 0 spiro atoms. The van der Waals surface area contributed by atoms with Crippen molar-refractivity contribution in [2.75, 3.05) is 0 Å². The summed E-state index contributed by atoms with van der Waals surface area (Å²) in [6, 6.07) is 6.04. The van der Waals surface area contributed by atoms with Crippen LogP contribution in [0.25, 0.3) is 0 Å². The van der Waals surface area contributed by atoms with Gasteiger partial charge in [0.2, 0.25) is 0 Å². The molecule has 0 aromatic heterocycles. The highest BCUT2D eigenvalue weighted by molar-refractivity contribution is 5.39. The largest absolute Gasteiger partial charge is 0.508 e. The van der Waals surface area contributed by atoms with Gasteiger partial charge >= 0.3 is 0 Å². The molecule has 1 nitrogen and oxygen atoms in total. The number of fused-ring (bicyclic) bond motifs is 3. The molecule has 0 bridgehead atoms. The lowest BCUT2D eigenvalue weighted by molar-refractivity contribution is 0.210. The van der Waals surface area contributed by atoms with Gasteiger partial charge in [-0.3, -0.25) is 0 Å². The third-order valence-electron chi connectivity index (χ3n) is 4.99. The molecule has 1 heteroatoms. The van der Waals surface area contributed by atoms with Gasteiger partial charge in [0.05, 0.1) is 0 Å². The highest BCUT2D eigenvalue weighted by Crippen LogP contribution is 2.48. The van der Waals surface area contributed by atoms with E-state index in [1.54, 1.807) is 0 Å².